The van der Waals surface area contributed by atoms with Crippen LogP contribution in [0.3, 0.4) is 0 Å². The fourth-order valence-corrected chi connectivity index (χ4v) is 4.04. The number of hydrogen-bond donors (Lipinski definition) is 1. The Labute approximate surface area is 148 Å². The summed E-state index contributed by atoms with van der Waals surface area (Å²) in [6.45, 7) is 9.27. The van der Waals surface area contributed by atoms with Crippen LogP contribution in [0, 0.1) is 0 Å². The molecule has 2 saturated heterocycles. The Bertz CT molecular complexity index is 785. The molecule has 4 heterocycles. The highest BCUT2D eigenvalue weighted by Crippen LogP contribution is 2.25. The summed E-state index contributed by atoms with van der Waals surface area (Å²) < 4.78 is 1.96. The van der Waals surface area contributed by atoms with Gasteiger partial charge in [0.25, 0.3) is 0 Å². The molecule has 0 spiro atoms. The highest BCUT2D eigenvalue weighted by Gasteiger charge is 2.36. The summed E-state index contributed by atoms with van der Waals surface area (Å²) >= 11 is 0. The summed E-state index contributed by atoms with van der Waals surface area (Å²) in [6, 6.07) is 4.53. The number of rotatable bonds is 2. The van der Waals surface area contributed by atoms with Crippen LogP contribution in [0.5, 0.6) is 0 Å². The minimum atomic E-state index is -0.0161. The summed E-state index contributed by atoms with van der Waals surface area (Å²) in [4.78, 5) is 17.3. The van der Waals surface area contributed by atoms with E-state index in [4.69, 9.17) is 0 Å². The zero-order chi connectivity index (χ0) is 17.6. The van der Waals surface area contributed by atoms with Crippen LogP contribution in [0.2, 0.25) is 0 Å². The largest absolute Gasteiger partial charge is 0.322 e. The first kappa shape index (κ1) is 16.3. The third-order valence-corrected chi connectivity index (χ3v) is 5.39. The molecule has 25 heavy (non-hydrogen) atoms. The molecule has 134 valence electrons. The second kappa shape index (κ2) is 6.29. The minimum absolute atomic E-state index is 0.0161. The number of carbonyl (C=O) groups excluding carboxylic acids is 1. The highest BCUT2D eigenvalue weighted by atomic mass is 16.2. The highest BCUT2D eigenvalue weighted by molar-refractivity contribution is 5.89. The number of hydrogen-bond acceptors (Lipinski definition) is 4. The first-order chi connectivity index (χ1) is 12.0. The number of aromatic nitrogens is 3. The number of amides is 2. The van der Waals surface area contributed by atoms with Gasteiger partial charge in [-0.3, -0.25) is 9.30 Å². The van der Waals surface area contributed by atoms with Crippen molar-refractivity contribution in [2.24, 2.45) is 0 Å². The van der Waals surface area contributed by atoms with Crippen LogP contribution >= 0.6 is 0 Å². The second-order valence-electron chi connectivity index (χ2n) is 7.58. The van der Waals surface area contributed by atoms with Crippen LogP contribution in [0.25, 0.3) is 5.65 Å². The van der Waals surface area contributed by atoms with E-state index in [-0.39, 0.29) is 18.0 Å². The SMILES string of the molecule is CC(C)c1nnc2ccc(NC(=O)N3C[C@@H]4CCCN4C[C@@H]3C)cn12. The van der Waals surface area contributed by atoms with Gasteiger partial charge in [-0.05, 0) is 38.4 Å². The molecule has 2 fully saturated rings. The Morgan fingerprint density at radius 2 is 2.12 bits per heavy atom. The van der Waals surface area contributed by atoms with Gasteiger partial charge in [-0.25, -0.2) is 4.79 Å². The topological polar surface area (TPSA) is 65.8 Å². The molecule has 2 aromatic heterocycles. The zero-order valence-corrected chi connectivity index (χ0v) is 15.1. The monoisotopic (exact) mass is 342 g/mol. The van der Waals surface area contributed by atoms with E-state index in [0.717, 1.165) is 30.2 Å². The van der Waals surface area contributed by atoms with E-state index < -0.39 is 0 Å². The molecule has 2 aliphatic heterocycles. The van der Waals surface area contributed by atoms with E-state index >= 15 is 0 Å². The summed E-state index contributed by atoms with van der Waals surface area (Å²) in [6.07, 6.45) is 4.36. The molecule has 7 heteroatoms. The van der Waals surface area contributed by atoms with E-state index in [0.29, 0.717) is 6.04 Å². The van der Waals surface area contributed by atoms with Gasteiger partial charge in [-0.1, -0.05) is 13.8 Å². The lowest BCUT2D eigenvalue weighted by atomic mass is 10.1. The third-order valence-electron chi connectivity index (χ3n) is 5.39. The maximum absolute atomic E-state index is 12.8. The fraction of sp³-hybridized carbons (Fsp3) is 0.611. The molecule has 0 aromatic carbocycles. The Hall–Kier alpha value is -2.15. The van der Waals surface area contributed by atoms with Crippen molar-refractivity contribution in [1.82, 2.24) is 24.4 Å². The number of carbonyl (C=O) groups is 1. The number of pyridine rings is 1. The molecule has 7 nitrogen and oxygen atoms in total. The van der Waals surface area contributed by atoms with Gasteiger partial charge in [-0.2, -0.15) is 0 Å². The van der Waals surface area contributed by atoms with E-state index in [2.05, 4.69) is 41.2 Å². The molecule has 1 N–H and O–H groups in total. The van der Waals surface area contributed by atoms with Crippen LogP contribution in [-0.4, -0.2) is 62.1 Å². The molecular weight excluding hydrogens is 316 g/mol. The van der Waals surface area contributed by atoms with Crippen molar-refractivity contribution in [2.45, 2.75) is 51.6 Å². The van der Waals surface area contributed by atoms with Crippen LogP contribution in [-0.2, 0) is 0 Å². The molecule has 2 atom stereocenters. The number of nitrogens with one attached hydrogen (secondary N) is 1. The molecule has 0 bridgehead atoms. The lowest BCUT2D eigenvalue weighted by molar-refractivity contribution is 0.0861. The predicted molar refractivity (Wildman–Crippen MR) is 96.9 cm³/mol. The molecule has 0 saturated carbocycles. The summed E-state index contributed by atoms with van der Waals surface area (Å²) in [5, 5.41) is 11.5. The average molecular weight is 342 g/mol. The van der Waals surface area contributed by atoms with Crippen molar-refractivity contribution in [3.8, 4) is 0 Å². The molecular formula is C18H26N6O. The predicted octanol–water partition coefficient (Wildman–Crippen LogP) is 2.55. The Morgan fingerprint density at radius 3 is 2.92 bits per heavy atom. The van der Waals surface area contributed by atoms with Gasteiger partial charge in [0.2, 0.25) is 0 Å². The van der Waals surface area contributed by atoms with Gasteiger partial charge in [0.1, 0.15) is 5.82 Å². The van der Waals surface area contributed by atoms with E-state index in [1.165, 1.54) is 19.4 Å². The van der Waals surface area contributed by atoms with E-state index in [1.807, 2.05) is 27.6 Å². The average Bonchev–Trinajstić information content (AvgIpc) is 3.19. The van der Waals surface area contributed by atoms with Crippen LogP contribution in [0.4, 0.5) is 10.5 Å². The Morgan fingerprint density at radius 1 is 1.28 bits per heavy atom. The number of nitrogens with zero attached hydrogens (tertiary/aromatic N) is 5. The Kier molecular flexibility index (Phi) is 4.11. The van der Waals surface area contributed by atoms with Gasteiger partial charge in [0.05, 0.1) is 5.69 Å². The lowest BCUT2D eigenvalue weighted by Crippen LogP contribution is -2.57. The van der Waals surface area contributed by atoms with Crippen molar-refractivity contribution in [1.29, 1.82) is 0 Å². The first-order valence-electron chi connectivity index (χ1n) is 9.19. The minimum Gasteiger partial charge on any atom is -0.319 e. The normalized spacial score (nSPS) is 24.1. The van der Waals surface area contributed by atoms with Gasteiger partial charge in [0, 0.05) is 37.3 Å². The lowest BCUT2D eigenvalue weighted by Gasteiger charge is -2.42. The van der Waals surface area contributed by atoms with Crippen LogP contribution in [0.1, 0.15) is 45.4 Å². The number of fused-ring (bicyclic) bond motifs is 2. The standard InChI is InChI=1S/C18H26N6O/c1-12(2)17-21-20-16-7-6-14(10-24(16)17)19-18(25)23-11-15-5-4-8-22(15)9-13(23)3/h6-7,10,12-13,15H,4-5,8-9,11H2,1-3H3,(H,19,25)/t13-,15-/m0/s1. The summed E-state index contributed by atoms with van der Waals surface area (Å²) in [7, 11) is 0. The molecule has 0 aliphatic carbocycles. The maximum Gasteiger partial charge on any atom is 0.322 e. The zero-order valence-electron chi connectivity index (χ0n) is 15.1. The van der Waals surface area contributed by atoms with Crippen molar-refractivity contribution < 1.29 is 4.79 Å². The van der Waals surface area contributed by atoms with Gasteiger partial charge in [0.15, 0.2) is 5.65 Å². The smallest absolute Gasteiger partial charge is 0.319 e. The van der Waals surface area contributed by atoms with E-state index in [1.54, 1.807) is 0 Å². The van der Waals surface area contributed by atoms with Gasteiger partial charge >= 0.3 is 6.03 Å². The fourth-order valence-electron chi connectivity index (χ4n) is 4.04. The van der Waals surface area contributed by atoms with Crippen molar-refractivity contribution in [2.75, 3.05) is 25.0 Å². The molecule has 2 aliphatic rings. The first-order valence-corrected chi connectivity index (χ1v) is 9.19. The number of piperazine rings is 1. The quantitative estimate of drug-likeness (QED) is 0.911. The van der Waals surface area contributed by atoms with Crippen molar-refractivity contribution in [3.63, 3.8) is 0 Å². The molecule has 2 aromatic rings. The summed E-state index contributed by atoms with van der Waals surface area (Å²) in [5.41, 5.74) is 1.58. The van der Waals surface area contributed by atoms with Crippen LogP contribution in [0.15, 0.2) is 18.3 Å². The molecule has 4 rings (SSSR count). The number of anilines is 1. The van der Waals surface area contributed by atoms with Crippen molar-refractivity contribution >= 4 is 17.4 Å². The maximum atomic E-state index is 12.8. The third kappa shape index (κ3) is 2.97. The van der Waals surface area contributed by atoms with Gasteiger partial charge < -0.3 is 10.2 Å². The summed E-state index contributed by atoms with van der Waals surface area (Å²) in [5.74, 6) is 1.18. The van der Waals surface area contributed by atoms with Crippen LogP contribution < -0.4 is 5.32 Å². The molecule has 0 unspecified atom stereocenters. The Balaban J connectivity index is 1.52. The van der Waals surface area contributed by atoms with Gasteiger partial charge in [-0.15, -0.1) is 10.2 Å². The molecule has 2 amide bonds. The van der Waals surface area contributed by atoms with E-state index in [9.17, 15) is 4.79 Å². The molecule has 0 radical (unpaired) electrons. The number of urea groups is 1. The second-order valence-corrected chi connectivity index (χ2v) is 7.58. The van der Waals surface area contributed by atoms with Crippen molar-refractivity contribution in [3.05, 3.63) is 24.2 Å².